The molecule has 0 radical (unpaired) electrons. The third kappa shape index (κ3) is 5.90. The topological polar surface area (TPSA) is 63.1 Å². The molecule has 0 spiro atoms. The molecular formula is C26H30F3N5O. The maximum absolute atomic E-state index is 13.2. The van der Waals surface area contributed by atoms with Crippen LogP contribution in [0.1, 0.15) is 66.2 Å². The molecule has 1 N–H and O–H groups in total. The first kappa shape index (κ1) is 24.9. The minimum atomic E-state index is -4.46. The second-order valence-corrected chi connectivity index (χ2v) is 9.23. The number of amides is 1. The smallest absolute Gasteiger partial charge is 0.350 e. The summed E-state index contributed by atoms with van der Waals surface area (Å²) in [5.41, 5.74) is 1.44. The first-order valence-electron chi connectivity index (χ1n) is 11.9. The molecule has 1 aliphatic heterocycles. The van der Waals surface area contributed by atoms with E-state index >= 15 is 0 Å². The van der Waals surface area contributed by atoms with Gasteiger partial charge in [0.25, 0.3) is 5.91 Å². The zero-order chi connectivity index (χ0) is 25.0. The maximum atomic E-state index is 13.2. The van der Waals surface area contributed by atoms with E-state index in [9.17, 15) is 18.0 Å². The molecule has 0 unspecified atom stereocenters. The Morgan fingerprint density at radius 3 is 2.54 bits per heavy atom. The molecule has 9 heteroatoms. The van der Waals surface area contributed by atoms with Crippen molar-refractivity contribution < 1.29 is 18.0 Å². The van der Waals surface area contributed by atoms with Crippen LogP contribution in [0.2, 0.25) is 0 Å². The molecular weight excluding hydrogens is 455 g/mol. The van der Waals surface area contributed by atoms with Gasteiger partial charge in [0.15, 0.2) is 5.82 Å². The number of carbonyl (C=O) groups is 1. The predicted molar refractivity (Wildman–Crippen MR) is 127 cm³/mol. The summed E-state index contributed by atoms with van der Waals surface area (Å²) in [4.78, 5) is 19.5. The SMILES string of the molecule is CC(C)c1c(C(=O)NC[C@H]2CCCCN2Cc2ccccc2)cnn1-c1ccc(C(F)(F)F)cn1. The van der Waals surface area contributed by atoms with Gasteiger partial charge in [0, 0.05) is 25.3 Å². The highest BCUT2D eigenvalue weighted by Gasteiger charge is 2.31. The van der Waals surface area contributed by atoms with E-state index in [-0.39, 0.29) is 23.7 Å². The molecule has 0 bridgehead atoms. The Labute approximate surface area is 203 Å². The zero-order valence-electron chi connectivity index (χ0n) is 19.9. The molecule has 186 valence electrons. The van der Waals surface area contributed by atoms with Gasteiger partial charge in [-0.05, 0) is 43.0 Å². The highest BCUT2D eigenvalue weighted by atomic mass is 19.4. The minimum Gasteiger partial charge on any atom is -0.350 e. The van der Waals surface area contributed by atoms with Gasteiger partial charge in [0.2, 0.25) is 0 Å². The molecule has 4 rings (SSSR count). The summed E-state index contributed by atoms with van der Waals surface area (Å²) in [5, 5.41) is 7.36. The molecule has 1 aromatic carbocycles. The third-order valence-electron chi connectivity index (χ3n) is 6.37. The average Bonchev–Trinajstić information content (AvgIpc) is 3.29. The van der Waals surface area contributed by atoms with E-state index in [2.05, 4.69) is 32.4 Å². The number of hydrogen-bond acceptors (Lipinski definition) is 4. The predicted octanol–water partition coefficient (Wildman–Crippen LogP) is 5.19. The van der Waals surface area contributed by atoms with Crippen molar-refractivity contribution in [1.29, 1.82) is 0 Å². The fraction of sp³-hybridized carbons (Fsp3) is 0.423. The fourth-order valence-electron chi connectivity index (χ4n) is 4.57. The van der Waals surface area contributed by atoms with Crippen molar-refractivity contribution >= 4 is 5.91 Å². The molecule has 0 aliphatic carbocycles. The van der Waals surface area contributed by atoms with Crippen molar-refractivity contribution in [3.8, 4) is 5.82 Å². The second-order valence-electron chi connectivity index (χ2n) is 9.23. The van der Waals surface area contributed by atoms with E-state index < -0.39 is 11.7 Å². The number of benzene rings is 1. The van der Waals surface area contributed by atoms with Crippen molar-refractivity contribution in [3.63, 3.8) is 0 Å². The molecule has 35 heavy (non-hydrogen) atoms. The van der Waals surface area contributed by atoms with Crippen molar-refractivity contribution in [1.82, 2.24) is 25.0 Å². The minimum absolute atomic E-state index is 0.0911. The molecule has 1 saturated heterocycles. The Morgan fingerprint density at radius 2 is 1.89 bits per heavy atom. The van der Waals surface area contributed by atoms with Gasteiger partial charge in [-0.3, -0.25) is 9.69 Å². The lowest BCUT2D eigenvalue weighted by atomic mass is 10.0. The van der Waals surface area contributed by atoms with E-state index in [1.54, 1.807) is 0 Å². The largest absolute Gasteiger partial charge is 0.417 e. The van der Waals surface area contributed by atoms with Gasteiger partial charge in [0.05, 0.1) is 23.0 Å². The number of nitrogens with one attached hydrogen (secondary N) is 1. The standard InChI is InChI=1S/C26H30F3N5O/c1-18(2)24-22(16-32-34(24)23-12-11-20(14-30-23)26(27,28)29)25(35)31-15-21-10-6-7-13-33(21)17-19-8-4-3-5-9-19/h3-5,8-9,11-12,14,16,18,21H,6-7,10,13,15,17H2,1-2H3,(H,31,35)/t21-/m1/s1. The monoisotopic (exact) mass is 485 g/mol. The Kier molecular flexibility index (Phi) is 7.54. The highest BCUT2D eigenvalue weighted by molar-refractivity contribution is 5.95. The van der Waals surface area contributed by atoms with E-state index in [1.807, 2.05) is 32.0 Å². The molecule has 0 saturated carbocycles. The molecule has 1 atom stereocenters. The van der Waals surface area contributed by atoms with Crippen LogP contribution in [0.5, 0.6) is 0 Å². The molecule has 2 aromatic heterocycles. The van der Waals surface area contributed by atoms with E-state index in [1.165, 1.54) is 22.5 Å². The summed E-state index contributed by atoms with van der Waals surface area (Å²) in [6, 6.07) is 12.8. The molecule has 6 nitrogen and oxygen atoms in total. The zero-order valence-corrected chi connectivity index (χ0v) is 19.9. The van der Waals surface area contributed by atoms with Gasteiger partial charge in [0.1, 0.15) is 0 Å². The van der Waals surface area contributed by atoms with Crippen LogP contribution in [0, 0.1) is 0 Å². The lowest BCUT2D eigenvalue weighted by Crippen LogP contribution is -2.46. The normalized spacial score (nSPS) is 17.0. The fourth-order valence-corrected chi connectivity index (χ4v) is 4.57. The number of nitrogens with zero attached hydrogens (tertiary/aromatic N) is 4. The van der Waals surface area contributed by atoms with Crippen molar-refractivity contribution in [2.24, 2.45) is 0 Å². The lowest BCUT2D eigenvalue weighted by Gasteiger charge is -2.36. The summed E-state index contributed by atoms with van der Waals surface area (Å²) in [6.45, 7) is 6.18. The number of likely N-dealkylation sites (tertiary alicyclic amines) is 1. The van der Waals surface area contributed by atoms with Crippen molar-refractivity contribution in [2.45, 2.75) is 57.8 Å². The Morgan fingerprint density at radius 1 is 1.11 bits per heavy atom. The number of alkyl halides is 3. The van der Waals surface area contributed by atoms with Crippen LogP contribution < -0.4 is 5.32 Å². The van der Waals surface area contributed by atoms with Gasteiger partial charge < -0.3 is 5.32 Å². The third-order valence-corrected chi connectivity index (χ3v) is 6.37. The van der Waals surface area contributed by atoms with Crippen LogP contribution in [-0.4, -0.2) is 44.7 Å². The number of rotatable bonds is 7. The van der Waals surface area contributed by atoms with Gasteiger partial charge in [-0.2, -0.15) is 18.3 Å². The van der Waals surface area contributed by atoms with Crippen LogP contribution in [0.4, 0.5) is 13.2 Å². The summed E-state index contributed by atoms with van der Waals surface area (Å²) < 4.78 is 40.2. The summed E-state index contributed by atoms with van der Waals surface area (Å²) in [5.74, 6) is -0.0919. The average molecular weight is 486 g/mol. The van der Waals surface area contributed by atoms with E-state index in [0.717, 1.165) is 44.6 Å². The van der Waals surface area contributed by atoms with Gasteiger partial charge in [-0.15, -0.1) is 0 Å². The second kappa shape index (κ2) is 10.6. The maximum Gasteiger partial charge on any atom is 0.417 e. The number of halogens is 3. The molecule has 1 fully saturated rings. The Bertz CT molecular complexity index is 1130. The van der Waals surface area contributed by atoms with Gasteiger partial charge >= 0.3 is 6.18 Å². The summed E-state index contributed by atoms with van der Waals surface area (Å²) in [7, 11) is 0. The van der Waals surface area contributed by atoms with Crippen LogP contribution in [0.25, 0.3) is 5.82 Å². The number of hydrogen-bond donors (Lipinski definition) is 1. The highest BCUT2D eigenvalue weighted by Crippen LogP contribution is 2.29. The molecule has 3 heterocycles. The van der Waals surface area contributed by atoms with Crippen molar-refractivity contribution in [3.05, 3.63) is 77.2 Å². The van der Waals surface area contributed by atoms with Crippen LogP contribution in [0.15, 0.2) is 54.9 Å². The van der Waals surface area contributed by atoms with Crippen LogP contribution in [0.3, 0.4) is 0 Å². The van der Waals surface area contributed by atoms with E-state index in [0.29, 0.717) is 17.8 Å². The summed E-state index contributed by atoms with van der Waals surface area (Å²) >= 11 is 0. The van der Waals surface area contributed by atoms with Crippen LogP contribution >= 0.6 is 0 Å². The summed E-state index contributed by atoms with van der Waals surface area (Å²) in [6.07, 6.45) is 1.06. The number of carbonyl (C=O) groups excluding carboxylic acids is 1. The Balaban J connectivity index is 1.48. The van der Waals surface area contributed by atoms with Crippen molar-refractivity contribution in [2.75, 3.05) is 13.1 Å². The van der Waals surface area contributed by atoms with E-state index in [4.69, 9.17) is 0 Å². The molecule has 1 aliphatic rings. The van der Waals surface area contributed by atoms with Gasteiger partial charge in [-0.1, -0.05) is 50.6 Å². The lowest BCUT2D eigenvalue weighted by molar-refractivity contribution is -0.137. The number of aromatic nitrogens is 3. The Hall–Kier alpha value is -3.20. The quantitative estimate of drug-likeness (QED) is 0.500. The molecule has 1 amide bonds. The van der Waals surface area contributed by atoms with Crippen LogP contribution in [-0.2, 0) is 12.7 Å². The van der Waals surface area contributed by atoms with Gasteiger partial charge in [-0.25, -0.2) is 9.67 Å². The first-order chi connectivity index (χ1) is 16.7. The molecule has 3 aromatic rings. The first-order valence-corrected chi connectivity index (χ1v) is 11.9. The number of piperidine rings is 1. The number of pyridine rings is 1.